The molecule has 3 N–H and O–H groups in total. The topological polar surface area (TPSA) is 87.6 Å². The van der Waals surface area contributed by atoms with E-state index in [0.717, 1.165) is 35.0 Å². The summed E-state index contributed by atoms with van der Waals surface area (Å²) in [5, 5.41) is 15.7. The number of aromatic amines is 1. The van der Waals surface area contributed by atoms with Crippen LogP contribution in [0.4, 0.5) is 36.8 Å². The Balaban J connectivity index is 1.56. The number of amides is 2. The molecular weight excluding hydrogens is 454 g/mol. The predicted octanol–water partition coefficient (Wildman–Crippen LogP) is 5.11. The van der Waals surface area contributed by atoms with Gasteiger partial charge in [-0.3, -0.25) is 5.10 Å². The highest BCUT2D eigenvalue weighted by molar-refractivity contribution is 6.00. The minimum absolute atomic E-state index is 0.0288. The van der Waals surface area contributed by atoms with Crippen molar-refractivity contribution >= 4 is 22.6 Å². The zero-order chi connectivity index (χ0) is 23.8. The normalized spacial score (nSPS) is 12.2. The Labute approximate surface area is 181 Å². The summed E-state index contributed by atoms with van der Waals surface area (Å²) in [5.74, 6) is 0. The summed E-state index contributed by atoms with van der Waals surface area (Å²) in [4.78, 5) is 12.3. The molecule has 4 aromatic rings. The fraction of sp³-hybridized carbons (Fsp3) is 0.150. The second-order valence-electron chi connectivity index (χ2n) is 6.92. The van der Waals surface area contributed by atoms with Crippen LogP contribution in [0.2, 0.25) is 0 Å². The van der Waals surface area contributed by atoms with Gasteiger partial charge >= 0.3 is 18.4 Å². The Morgan fingerprint density at radius 2 is 1.73 bits per heavy atom. The smallest absolute Gasteiger partial charge is 0.332 e. The van der Waals surface area contributed by atoms with Crippen LogP contribution < -0.4 is 10.6 Å². The summed E-state index contributed by atoms with van der Waals surface area (Å²) in [6.45, 7) is -0.378. The summed E-state index contributed by atoms with van der Waals surface area (Å²) in [6.07, 6.45) is -7.88. The molecule has 0 saturated heterocycles. The number of hydrogen-bond donors (Lipinski definition) is 3. The molecule has 0 saturated carbocycles. The standard InChI is InChI=1S/C20H14F6N6O/c21-19(22,23)11-4-6-12(7-5-11)32-13(8-17(31-32)20(24,25)26)9-27-18(33)29-15-2-1-3-16-14(15)10-28-30-16/h1-8,10H,9H2,(H,28,30)(H2,27,29,33). The first-order chi connectivity index (χ1) is 15.5. The van der Waals surface area contributed by atoms with Crippen LogP contribution in [0.3, 0.4) is 0 Å². The van der Waals surface area contributed by atoms with Crippen molar-refractivity contribution in [3.63, 3.8) is 0 Å². The van der Waals surface area contributed by atoms with Gasteiger partial charge in [0.05, 0.1) is 40.9 Å². The van der Waals surface area contributed by atoms with Crippen molar-refractivity contribution in [2.24, 2.45) is 0 Å². The lowest BCUT2D eigenvalue weighted by Gasteiger charge is -2.11. The van der Waals surface area contributed by atoms with Crippen LogP contribution in [0.25, 0.3) is 16.6 Å². The SMILES string of the molecule is O=C(NCc1cc(C(F)(F)F)nn1-c1ccc(C(F)(F)F)cc1)Nc1cccc2[nH]ncc12. The van der Waals surface area contributed by atoms with Crippen molar-refractivity contribution in [2.75, 3.05) is 5.32 Å². The maximum absolute atomic E-state index is 13.2. The molecule has 0 aliphatic heterocycles. The van der Waals surface area contributed by atoms with Gasteiger partial charge in [0.2, 0.25) is 0 Å². The Hall–Kier alpha value is -4.03. The average Bonchev–Trinajstić information content (AvgIpc) is 3.39. The maximum Gasteiger partial charge on any atom is 0.435 e. The maximum atomic E-state index is 13.2. The van der Waals surface area contributed by atoms with E-state index in [1.54, 1.807) is 18.2 Å². The zero-order valence-electron chi connectivity index (χ0n) is 16.4. The van der Waals surface area contributed by atoms with Gasteiger partial charge in [-0.05, 0) is 42.5 Å². The fourth-order valence-electron chi connectivity index (χ4n) is 3.11. The molecule has 4 rings (SSSR count). The van der Waals surface area contributed by atoms with Crippen molar-refractivity contribution in [2.45, 2.75) is 18.9 Å². The van der Waals surface area contributed by atoms with Crippen molar-refractivity contribution < 1.29 is 31.1 Å². The average molecular weight is 468 g/mol. The van der Waals surface area contributed by atoms with Gasteiger partial charge in [-0.2, -0.15) is 36.5 Å². The summed E-state index contributed by atoms with van der Waals surface area (Å²) in [5.41, 5.74) is -1.23. The van der Waals surface area contributed by atoms with Gasteiger partial charge in [0, 0.05) is 5.39 Å². The molecule has 7 nitrogen and oxygen atoms in total. The number of rotatable bonds is 4. The van der Waals surface area contributed by atoms with Crippen LogP contribution in [0.15, 0.2) is 54.7 Å². The minimum Gasteiger partial charge on any atom is -0.332 e. The molecule has 0 fully saturated rings. The van der Waals surface area contributed by atoms with Crippen molar-refractivity contribution in [1.29, 1.82) is 0 Å². The van der Waals surface area contributed by atoms with E-state index in [2.05, 4.69) is 25.9 Å². The van der Waals surface area contributed by atoms with E-state index in [0.29, 0.717) is 16.6 Å². The second kappa shape index (κ2) is 8.15. The zero-order valence-corrected chi connectivity index (χ0v) is 16.4. The van der Waals surface area contributed by atoms with Crippen LogP contribution in [0, 0.1) is 0 Å². The third kappa shape index (κ3) is 4.76. The molecule has 0 aliphatic carbocycles. The highest BCUT2D eigenvalue weighted by Crippen LogP contribution is 2.32. The molecule has 0 radical (unpaired) electrons. The molecule has 2 heterocycles. The van der Waals surface area contributed by atoms with E-state index in [1.165, 1.54) is 6.20 Å². The van der Waals surface area contributed by atoms with Crippen LogP contribution in [-0.2, 0) is 18.9 Å². The number of alkyl halides is 6. The molecule has 0 bridgehead atoms. The number of carbonyl (C=O) groups is 1. The molecule has 0 spiro atoms. The summed E-state index contributed by atoms with van der Waals surface area (Å²) in [7, 11) is 0. The Morgan fingerprint density at radius 1 is 1.00 bits per heavy atom. The van der Waals surface area contributed by atoms with E-state index in [-0.39, 0.29) is 17.9 Å². The number of benzene rings is 2. The van der Waals surface area contributed by atoms with E-state index in [4.69, 9.17) is 0 Å². The summed E-state index contributed by atoms with van der Waals surface area (Å²) >= 11 is 0. The van der Waals surface area contributed by atoms with E-state index >= 15 is 0 Å². The predicted molar refractivity (Wildman–Crippen MR) is 106 cm³/mol. The molecule has 2 amide bonds. The Bertz CT molecular complexity index is 1290. The van der Waals surface area contributed by atoms with Crippen LogP contribution >= 0.6 is 0 Å². The second-order valence-corrected chi connectivity index (χ2v) is 6.92. The monoisotopic (exact) mass is 468 g/mol. The largest absolute Gasteiger partial charge is 0.435 e. The molecule has 172 valence electrons. The number of carbonyl (C=O) groups excluding carboxylic acids is 1. The first kappa shape index (κ1) is 22.2. The Kier molecular flexibility index (Phi) is 5.47. The number of hydrogen-bond acceptors (Lipinski definition) is 3. The third-order valence-corrected chi connectivity index (χ3v) is 4.68. The van der Waals surface area contributed by atoms with Gasteiger partial charge in [0.15, 0.2) is 5.69 Å². The number of H-pyrrole nitrogens is 1. The molecular formula is C20H14F6N6O. The highest BCUT2D eigenvalue weighted by atomic mass is 19.4. The molecule has 33 heavy (non-hydrogen) atoms. The number of nitrogens with zero attached hydrogens (tertiary/aromatic N) is 3. The molecule has 0 aliphatic rings. The van der Waals surface area contributed by atoms with Crippen molar-refractivity contribution in [3.8, 4) is 5.69 Å². The molecule has 2 aromatic carbocycles. The quantitative estimate of drug-likeness (QED) is 0.364. The number of halogens is 6. The highest BCUT2D eigenvalue weighted by Gasteiger charge is 2.35. The van der Waals surface area contributed by atoms with Gasteiger partial charge in [-0.1, -0.05) is 6.07 Å². The van der Waals surface area contributed by atoms with E-state index in [1.807, 2.05) is 0 Å². The van der Waals surface area contributed by atoms with Gasteiger partial charge in [-0.15, -0.1) is 0 Å². The molecule has 0 unspecified atom stereocenters. The lowest BCUT2D eigenvalue weighted by atomic mass is 10.2. The molecule has 2 aromatic heterocycles. The van der Waals surface area contributed by atoms with Gasteiger partial charge in [0.25, 0.3) is 0 Å². The Morgan fingerprint density at radius 3 is 2.39 bits per heavy atom. The summed E-state index contributed by atoms with van der Waals surface area (Å²) in [6, 6.07) is 8.51. The van der Waals surface area contributed by atoms with Crippen molar-refractivity contribution in [1.82, 2.24) is 25.3 Å². The molecule has 13 heteroatoms. The van der Waals surface area contributed by atoms with Crippen molar-refractivity contribution in [3.05, 3.63) is 71.7 Å². The summed E-state index contributed by atoms with van der Waals surface area (Å²) < 4.78 is 78.8. The fourth-order valence-corrected chi connectivity index (χ4v) is 3.11. The van der Waals surface area contributed by atoms with Crippen LogP contribution in [0.1, 0.15) is 17.0 Å². The lowest BCUT2D eigenvalue weighted by molar-refractivity contribution is -0.141. The lowest BCUT2D eigenvalue weighted by Crippen LogP contribution is -2.29. The van der Waals surface area contributed by atoms with Crippen LogP contribution in [-0.4, -0.2) is 26.0 Å². The molecule has 0 atom stereocenters. The number of nitrogens with one attached hydrogen (secondary N) is 3. The van der Waals surface area contributed by atoms with Gasteiger partial charge < -0.3 is 10.6 Å². The third-order valence-electron chi connectivity index (χ3n) is 4.68. The van der Waals surface area contributed by atoms with Gasteiger partial charge in [-0.25, -0.2) is 9.48 Å². The number of aromatic nitrogens is 4. The number of fused-ring (bicyclic) bond motifs is 1. The minimum atomic E-state index is -4.79. The van der Waals surface area contributed by atoms with Crippen LogP contribution in [0.5, 0.6) is 0 Å². The van der Waals surface area contributed by atoms with E-state index in [9.17, 15) is 31.1 Å². The first-order valence-electron chi connectivity index (χ1n) is 9.33. The number of urea groups is 1. The van der Waals surface area contributed by atoms with Gasteiger partial charge in [0.1, 0.15) is 0 Å². The number of anilines is 1. The van der Waals surface area contributed by atoms with E-state index < -0.39 is 29.6 Å². The first-order valence-corrected chi connectivity index (χ1v) is 9.33.